The summed E-state index contributed by atoms with van der Waals surface area (Å²) >= 11 is 0. The van der Waals surface area contributed by atoms with Crippen molar-refractivity contribution in [2.45, 2.75) is 0 Å². The lowest BCUT2D eigenvalue weighted by molar-refractivity contribution is 0.0937. The van der Waals surface area contributed by atoms with Gasteiger partial charge in [0.05, 0.1) is 6.61 Å². The van der Waals surface area contributed by atoms with Gasteiger partial charge in [-0.1, -0.05) is 6.07 Å². The molecule has 0 aliphatic carbocycles. The van der Waals surface area contributed by atoms with Crippen molar-refractivity contribution >= 4 is 23.2 Å². The quantitative estimate of drug-likeness (QED) is 0.701. The highest BCUT2D eigenvalue weighted by Gasteiger charge is 2.15. The first-order valence-electron chi connectivity index (χ1n) is 9.79. The molecule has 2 N–H and O–H groups in total. The fourth-order valence-electron chi connectivity index (χ4n) is 3.19. The predicted octanol–water partition coefficient (Wildman–Crippen LogP) is 2.07. The van der Waals surface area contributed by atoms with Crippen LogP contribution in [0.25, 0.3) is 0 Å². The van der Waals surface area contributed by atoms with Crippen LogP contribution in [0.15, 0.2) is 48.5 Å². The van der Waals surface area contributed by atoms with Gasteiger partial charge in [0.1, 0.15) is 0 Å². The van der Waals surface area contributed by atoms with E-state index in [-0.39, 0.29) is 11.8 Å². The molecule has 0 atom stereocenters. The monoisotopic (exact) mass is 396 g/mol. The molecule has 0 spiro atoms. The summed E-state index contributed by atoms with van der Waals surface area (Å²) in [6.07, 6.45) is 0. The van der Waals surface area contributed by atoms with Gasteiger partial charge in [0.15, 0.2) is 0 Å². The third-order valence-corrected chi connectivity index (χ3v) is 4.97. The van der Waals surface area contributed by atoms with Gasteiger partial charge in [0, 0.05) is 62.3 Å². The second-order valence-corrected chi connectivity index (χ2v) is 7.12. The van der Waals surface area contributed by atoms with E-state index in [0.29, 0.717) is 24.3 Å². The van der Waals surface area contributed by atoms with Gasteiger partial charge in [0.2, 0.25) is 0 Å². The van der Waals surface area contributed by atoms with Crippen LogP contribution in [0.4, 0.5) is 11.4 Å². The lowest BCUT2D eigenvalue weighted by atomic mass is 10.1. The van der Waals surface area contributed by atoms with Gasteiger partial charge in [-0.05, 0) is 49.5 Å². The summed E-state index contributed by atoms with van der Waals surface area (Å²) in [6, 6.07) is 14.6. The second kappa shape index (κ2) is 10.0. The molecule has 2 amide bonds. The predicted molar refractivity (Wildman–Crippen MR) is 115 cm³/mol. The molecule has 1 fully saturated rings. The highest BCUT2D eigenvalue weighted by Crippen LogP contribution is 2.20. The van der Waals surface area contributed by atoms with Crippen LogP contribution in [0.2, 0.25) is 0 Å². The molecule has 1 heterocycles. The fraction of sp³-hybridized carbons (Fsp3) is 0.364. The Bertz CT molecular complexity index is 830. The van der Waals surface area contributed by atoms with Crippen molar-refractivity contribution in [3.05, 3.63) is 59.7 Å². The summed E-state index contributed by atoms with van der Waals surface area (Å²) in [4.78, 5) is 29.4. The van der Waals surface area contributed by atoms with Gasteiger partial charge >= 0.3 is 0 Å². The summed E-state index contributed by atoms with van der Waals surface area (Å²) in [5.41, 5.74) is 2.76. The Kier molecular flexibility index (Phi) is 7.21. The van der Waals surface area contributed by atoms with Crippen molar-refractivity contribution in [3.63, 3.8) is 0 Å². The summed E-state index contributed by atoms with van der Waals surface area (Å²) in [5, 5.41) is 5.65. The molecule has 154 valence electrons. The molecule has 7 nitrogen and oxygen atoms in total. The maximum absolute atomic E-state index is 12.6. The molecule has 1 aliphatic rings. The van der Waals surface area contributed by atoms with E-state index in [4.69, 9.17) is 4.74 Å². The number of amides is 2. The summed E-state index contributed by atoms with van der Waals surface area (Å²) < 4.78 is 4.92. The summed E-state index contributed by atoms with van der Waals surface area (Å²) in [7, 11) is 3.71. The van der Waals surface area contributed by atoms with Crippen molar-refractivity contribution in [1.82, 2.24) is 10.2 Å². The van der Waals surface area contributed by atoms with Crippen molar-refractivity contribution in [3.8, 4) is 0 Å². The molecule has 29 heavy (non-hydrogen) atoms. The van der Waals surface area contributed by atoms with Gasteiger partial charge < -0.3 is 25.2 Å². The Morgan fingerprint density at radius 1 is 0.966 bits per heavy atom. The zero-order valence-electron chi connectivity index (χ0n) is 17.0. The Balaban J connectivity index is 1.60. The molecular formula is C22H28N4O3. The van der Waals surface area contributed by atoms with Gasteiger partial charge in [-0.3, -0.25) is 9.59 Å². The largest absolute Gasteiger partial charge is 0.383 e. The Morgan fingerprint density at radius 3 is 2.28 bits per heavy atom. The number of methoxy groups -OCH3 is 1. The molecule has 1 aliphatic heterocycles. The molecule has 3 rings (SSSR count). The molecule has 0 unspecified atom stereocenters. The van der Waals surface area contributed by atoms with Gasteiger partial charge in [-0.2, -0.15) is 0 Å². The van der Waals surface area contributed by atoms with E-state index >= 15 is 0 Å². The Labute approximate surface area is 171 Å². The number of anilines is 2. The lowest BCUT2D eigenvalue weighted by Gasteiger charge is -2.34. The van der Waals surface area contributed by atoms with E-state index in [1.807, 2.05) is 24.3 Å². The zero-order chi connectivity index (χ0) is 20.6. The normalized spacial score (nSPS) is 14.5. The van der Waals surface area contributed by atoms with E-state index in [2.05, 4.69) is 27.5 Å². The number of hydrogen-bond donors (Lipinski definition) is 2. The minimum absolute atomic E-state index is 0.228. The maximum Gasteiger partial charge on any atom is 0.255 e. The number of benzene rings is 2. The Morgan fingerprint density at radius 2 is 1.62 bits per heavy atom. The minimum Gasteiger partial charge on any atom is -0.383 e. The van der Waals surface area contributed by atoms with E-state index in [1.165, 1.54) is 0 Å². The number of nitrogens with one attached hydrogen (secondary N) is 2. The average molecular weight is 396 g/mol. The van der Waals surface area contributed by atoms with Crippen molar-refractivity contribution in [1.29, 1.82) is 0 Å². The molecule has 7 heteroatoms. The van der Waals surface area contributed by atoms with Crippen LogP contribution in [0.5, 0.6) is 0 Å². The van der Waals surface area contributed by atoms with Crippen LogP contribution in [-0.4, -0.2) is 70.2 Å². The van der Waals surface area contributed by atoms with Crippen LogP contribution >= 0.6 is 0 Å². The molecule has 0 aromatic heterocycles. The smallest absolute Gasteiger partial charge is 0.255 e. The molecule has 1 saturated heterocycles. The first kappa shape index (κ1) is 20.8. The third kappa shape index (κ3) is 5.79. The highest BCUT2D eigenvalue weighted by atomic mass is 16.5. The fourth-order valence-corrected chi connectivity index (χ4v) is 3.19. The topological polar surface area (TPSA) is 73.9 Å². The van der Waals surface area contributed by atoms with Crippen LogP contribution in [0.1, 0.15) is 20.7 Å². The lowest BCUT2D eigenvalue weighted by Crippen LogP contribution is -2.44. The molecule has 0 saturated carbocycles. The standard InChI is InChI=1S/C22H28N4O3/c1-25-11-13-26(14-12-25)20-8-6-19(7-9-20)24-22(28)18-5-3-4-17(16-18)21(27)23-10-15-29-2/h3-9,16H,10-15H2,1-2H3,(H,23,27)(H,24,28). The average Bonchev–Trinajstić information content (AvgIpc) is 2.75. The number of piperazine rings is 1. The number of carbonyl (C=O) groups is 2. The highest BCUT2D eigenvalue weighted by molar-refractivity contribution is 6.06. The van der Waals surface area contributed by atoms with Crippen LogP contribution in [0.3, 0.4) is 0 Å². The molecule has 0 radical (unpaired) electrons. The second-order valence-electron chi connectivity index (χ2n) is 7.12. The zero-order valence-corrected chi connectivity index (χ0v) is 17.0. The third-order valence-electron chi connectivity index (χ3n) is 4.97. The van der Waals surface area contributed by atoms with Gasteiger partial charge in [-0.15, -0.1) is 0 Å². The summed E-state index contributed by atoms with van der Waals surface area (Å²) in [5.74, 6) is -0.475. The first-order chi connectivity index (χ1) is 14.1. The first-order valence-corrected chi connectivity index (χ1v) is 9.79. The summed E-state index contributed by atoms with van der Waals surface area (Å²) in [6.45, 7) is 4.96. The van der Waals surface area contributed by atoms with Crippen LogP contribution in [-0.2, 0) is 4.74 Å². The van der Waals surface area contributed by atoms with E-state index in [0.717, 1.165) is 37.6 Å². The number of ether oxygens (including phenoxy) is 1. The molecule has 2 aromatic rings. The van der Waals surface area contributed by atoms with Gasteiger partial charge in [0.25, 0.3) is 11.8 Å². The minimum atomic E-state index is -0.246. The van der Waals surface area contributed by atoms with Crippen LogP contribution in [0, 0.1) is 0 Å². The van der Waals surface area contributed by atoms with E-state index < -0.39 is 0 Å². The van der Waals surface area contributed by atoms with E-state index in [1.54, 1.807) is 31.4 Å². The molecule has 2 aromatic carbocycles. The number of hydrogen-bond acceptors (Lipinski definition) is 5. The Hall–Kier alpha value is -2.90. The number of nitrogens with zero attached hydrogens (tertiary/aromatic N) is 2. The molecule has 0 bridgehead atoms. The SMILES string of the molecule is COCCNC(=O)c1cccc(C(=O)Nc2ccc(N3CCN(C)CC3)cc2)c1. The number of likely N-dealkylation sites (N-methyl/N-ethyl adjacent to an activating group) is 1. The van der Waals surface area contributed by atoms with Crippen molar-refractivity contribution in [2.75, 3.05) is 63.7 Å². The van der Waals surface area contributed by atoms with E-state index in [9.17, 15) is 9.59 Å². The van der Waals surface area contributed by atoms with Gasteiger partial charge in [-0.25, -0.2) is 0 Å². The number of carbonyl (C=O) groups excluding carboxylic acids is 2. The maximum atomic E-state index is 12.6. The van der Waals surface area contributed by atoms with Crippen molar-refractivity contribution in [2.24, 2.45) is 0 Å². The molecular weight excluding hydrogens is 368 g/mol. The van der Waals surface area contributed by atoms with Crippen LogP contribution < -0.4 is 15.5 Å². The number of rotatable bonds is 7. The van der Waals surface area contributed by atoms with Crippen molar-refractivity contribution < 1.29 is 14.3 Å².